The Kier molecular flexibility index (Phi) is 4.78. The maximum atomic E-state index is 10.4. The van der Waals surface area contributed by atoms with E-state index in [1.165, 1.54) is 0 Å². The summed E-state index contributed by atoms with van der Waals surface area (Å²) in [6, 6.07) is 5.30. The van der Waals surface area contributed by atoms with Crippen LogP contribution in [-0.2, 0) is 9.53 Å². The lowest BCUT2D eigenvalue weighted by Gasteiger charge is -2.16. The molecule has 0 saturated heterocycles. The highest BCUT2D eigenvalue weighted by Gasteiger charge is 2.14. The predicted molar refractivity (Wildman–Crippen MR) is 61.5 cm³/mol. The summed E-state index contributed by atoms with van der Waals surface area (Å²) in [6.45, 7) is 1.42. The van der Waals surface area contributed by atoms with E-state index in [0.29, 0.717) is 11.5 Å². The number of hydrogen-bond donors (Lipinski definition) is 1. The van der Waals surface area contributed by atoms with E-state index in [1.54, 1.807) is 39.3 Å². The molecule has 5 nitrogen and oxygen atoms in total. The maximum Gasteiger partial charge on any atom is 0.329 e. The van der Waals surface area contributed by atoms with Gasteiger partial charge in [0.05, 0.1) is 20.3 Å². The van der Waals surface area contributed by atoms with Crippen molar-refractivity contribution in [2.75, 3.05) is 20.8 Å². The van der Waals surface area contributed by atoms with Crippen molar-refractivity contribution in [3.63, 3.8) is 0 Å². The van der Waals surface area contributed by atoms with Crippen molar-refractivity contribution in [3.05, 3.63) is 23.8 Å². The van der Waals surface area contributed by atoms with E-state index in [-0.39, 0.29) is 12.7 Å². The molecule has 0 bridgehead atoms. The first kappa shape index (κ1) is 13.3. The smallest absolute Gasteiger partial charge is 0.329 e. The van der Waals surface area contributed by atoms with Crippen LogP contribution >= 0.6 is 0 Å². The van der Waals surface area contributed by atoms with Crippen LogP contribution in [0.3, 0.4) is 0 Å². The van der Waals surface area contributed by atoms with E-state index in [1.807, 2.05) is 0 Å². The quantitative estimate of drug-likeness (QED) is 0.822. The van der Waals surface area contributed by atoms with Gasteiger partial charge in [0.2, 0.25) is 0 Å². The van der Waals surface area contributed by atoms with Gasteiger partial charge in [-0.05, 0) is 25.1 Å². The lowest BCUT2D eigenvalue weighted by Crippen LogP contribution is -2.10. The first-order chi connectivity index (χ1) is 8.08. The standard InChI is InChI=1S/C12H16O5/c1-8(17-7-12(13)14)10-6-9(15-2)4-5-11(10)16-3/h4-6,8H,7H2,1-3H3,(H,13,14). The fourth-order valence-electron chi connectivity index (χ4n) is 1.44. The van der Waals surface area contributed by atoms with Crippen LogP contribution in [-0.4, -0.2) is 31.9 Å². The zero-order valence-electron chi connectivity index (χ0n) is 10.1. The Morgan fingerprint density at radius 3 is 2.59 bits per heavy atom. The highest BCUT2D eigenvalue weighted by atomic mass is 16.5. The molecule has 1 unspecified atom stereocenters. The fraction of sp³-hybridized carbons (Fsp3) is 0.417. The largest absolute Gasteiger partial charge is 0.497 e. The van der Waals surface area contributed by atoms with Gasteiger partial charge < -0.3 is 19.3 Å². The van der Waals surface area contributed by atoms with Crippen LogP contribution < -0.4 is 9.47 Å². The van der Waals surface area contributed by atoms with Crippen LogP contribution in [0, 0.1) is 0 Å². The average Bonchev–Trinajstić information content (AvgIpc) is 2.34. The van der Waals surface area contributed by atoms with Crippen molar-refractivity contribution >= 4 is 5.97 Å². The summed E-state index contributed by atoms with van der Waals surface area (Å²) >= 11 is 0. The Balaban J connectivity index is 2.88. The average molecular weight is 240 g/mol. The van der Waals surface area contributed by atoms with Crippen LogP contribution in [0.2, 0.25) is 0 Å². The monoisotopic (exact) mass is 240 g/mol. The van der Waals surface area contributed by atoms with Crippen molar-refractivity contribution in [3.8, 4) is 11.5 Å². The second kappa shape index (κ2) is 6.10. The predicted octanol–water partition coefficient (Wildman–Crippen LogP) is 1.87. The van der Waals surface area contributed by atoms with E-state index in [9.17, 15) is 4.79 Å². The Bertz CT molecular complexity index is 388. The first-order valence-electron chi connectivity index (χ1n) is 5.13. The maximum absolute atomic E-state index is 10.4. The van der Waals surface area contributed by atoms with Crippen LogP contribution in [0.1, 0.15) is 18.6 Å². The van der Waals surface area contributed by atoms with Gasteiger partial charge in [0.25, 0.3) is 0 Å². The summed E-state index contributed by atoms with van der Waals surface area (Å²) in [5.74, 6) is 0.314. The van der Waals surface area contributed by atoms with E-state index in [0.717, 1.165) is 5.56 Å². The molecule has 1 aromatic carbocycles. The van der Waals surface area contributed by atoms with Gasteiger partial charge >= 0.3 is 5.97 Å². The zero-order valence-corrected chi connectivity index (χ0v) is 10.1. The van der Waals surface area contributed by atoms with E-state index in [4.69, 9.17) is 19.3 Å². The third kappa shape index (κ3) is 3.64. The van der Waals surface area contributed by atoms with Gasteiger partial charge in [0, 0.05) is 5.56 Å². The topological polar surface area (TPSA) is 65.0 Å². The minimum Gasteiger partial charge on any atom is -0.497 e. The van der Waals surface area contributed by atoms with Crippen molar-refractivity contribution in [2.45, 2.75) is 13.0 Å². The van der Waals surface area contributed by atoms with Crippen molar-refractivity contribution in [2.24, 2.45) is 0 Å². The molecule has 1 aromatic rings. The molecule has 0 aromatic heterocycles. The van der Waals surface area contributed by atoms with Crippen LogP contribution in [0.5, 0.6) is 11.5 Å². The van der Waals surface area contributed by atoms with E-state index < -0.39 is 5.97 Å². The summed E-state index contributed by atoms with van der Waals surface area (Å²) in [5, 5.41) is 8.56. The molecule has 0 aliphatic rings. The summed E-state index contributed by atoms with van der Waals surface area (Å²) in [4.78, 5) is 10.4. The minimum atomic E-state index is -1.00. The normalized spacial score (nSPS) is 11.9. The SMILES string of the molecule is COc1ccc(OC)c(C(C)OCC(=O)O)c1. The van der Waals surface area contributed by atoms with Crippen LogP contribution in [0.25, 0.3) is 0 Å². The Morgan fingerprint density at radius 2 is 2.06 bits per heavy atom. The Hall–Kier alpha value is -1.75. The van der Waals surface area contributed by atoms with E-state index >= 15 is 0 Å². The minimum absolute atomic E-state index is 0.346. The van der Waals surface area contributed by atoms with Gasteiger partial charge in [-0.1, -0.05) is 0 Å². The molecule has 0 spiro atoms. The first-order valence-corrected chi connectivity index (χ1v) is 5.13. The summed E-state index contributed by atoms with van der Waals surface area (Å²) in [5.41, 5.74) is 0.758. The van der Waals surface area contributed by atoms with Crippen molar-refractivity contribution in [1.82, 2.24) is 0 Å². The number of carbonyl (C=O) groups is 1. The van der Waals surface area contributed by atoms with Crippen molar-refractivity contribution in [1.29, 1.82) is 0 Å². The van der Waals surface area contributed by atoms with Gasteiger partial charge in [-0.2, -0.15) is 0 Å². The zero-order chi connectivity index (χ0) is 12.8. The molecule has 1 N–H and O–H groups in total. The van der Waals surface area contributed by atoms with Gasteiger partial charge in [-0.15, -0.1) is 0 Å². The van der Waals surface area contributed by atoms with Crippen LogP contribution in [0.4, 0.5) is 0 Å². The number of hydrogen-bond acceptors (Lipinski definition) is 4. The molecule has 0 radical (unpaired) electrons. The number of methoxy groups -OCH3 is 2. The molecule has 94 valence electrons. The van der Waals surface area contributed by atoms with Crippen LogP contribution in [0.15, 0.2) is 18.2 Å². The number of carboxylic acids is 1. The molecule has 5 heteroatoms. The van der Waals surface area contributed by atoms with Gasteiger partial charge in [-0.25, -0.2) is 4.79 Å². The molecule has 0 fully saturated rings. The molecular formula is C12H16O5. The molecule has 0 aliphatic carbocycles. The molecule has 0 saturated carbocycles. The summed E-state index contributed by atoms with van der Waals surface area (Å²) < 4.78 is 15.5. The Labute approximate surface area is 99.9 Å². The fourth-order valence-corrected chi connectivity index (χ4v) is 1.44. The number of ether oxygens (including phenoxy) is 3. The second-order valence-corrected chi connectivity index (χ2v) is 3.45. The molecule has 17 heavy (non-hydrogen) atoms. The molecular weight excluding hydrogens is 224 g/mol. The van der Waals surface area contributed by atoms with Gasteiger partial charge in [-0.3, -0.25) is 0 Å². The molecule has 0 aliphatic heterocycles. The number of rotatable bonds is 6. The Morgan fingerprint density at radius 1 is 1.35 bits per heavy atom. The molecule has 0 amide bonds. The lowest BCUT2D eigenvalue weighted by molar-refractivity contribution is -0.144. The third-order valence-electron chi connectivity index (χ3n) is 2.33. The van der Waals surface area contributed by atoms with E-state index in [2.05, 4.69) is 0 Å². The number of carboxylic acid groups (broad SMARTS) is 1. The highest BCUT2D eigenvalue weighted by molar-refractivity contribution is 5.68. The van der Waals surface area contributed by atoms with Crippen molar-refractivity contribution < 1.29 is 24.1 Å². The summed E-state index contributed by atoms with van der Waals surface area (Å²) in [7, 11) is 3.11. The second-order valence-electron chi connectivity index (χ2n) is 3.45. The number of aliphatic carboxylic acids is 1. The van der Waals surface area contributed by atoms with Gasteiger partial charge in [0.1, 0.15) is 18.1 Å². The molecule has 1 atom stereocenters. The number of benzene rings is 1. The van der Waals surface area contributed by atoms with Gasteiger partial charge in [0.15, 0.2) is 0 Å². The summed E-state index contributed by atoms with van der Waals surface area (Å²) in [6.07, 6.45) is -0.379. The molecule has 0 heterocycles. The third-order valence-corrected chi connectivity index (χ3v) is 2.33. The highest BCUT2D eigenvalue weighted by Crippen LogP contribution is 2.30. The lowest BCUT2D eigenvalue weighted by atomic mass is 10.1. The molecule has 1 rings (SSSR count).